The number of anilines is 1. The highest BCUT2D eigenvalue weighted by Gasteiger charge is 2.24. The van der Waals surface area contributed by atoms with Crippen molar-refractivity contribution >= 4 is 23.4 Å². The molecular formula is C16H23N3OS. The highest BCUT2D eigenvalue weighted by molar-refractivity contribution is 7.99. The molecule has 1 unspecified atom stereocenters. The first-order valence-electron chi connectivity index (χ1n) is 7.72. The third-order valence-electron chi connectivity index (χ3n) is 4.17. The molecular weight excluding hydrogens is 282 g/mol. The van der Waals surface area contributed by atoms with E-state index >= 15 is 0 Å². The Kier molecular flexibility index (Phi) is 5.04. The number of carbonyl (C=O) groups is 1. The summed E-state index contributed by atoms with van der Waals surface area (Å²) in [6, 6.07) is 10.8. The zero-order chi connectivity index (χ0) is 14.5. The van der Waals surface area contributed by atoms with Crippen LogP contribution in [-0.2, 0) is 4.79 Å². The number of nitrogens with zero attached hydrogens (tertiary/aromatic N) is 2. The van der Waals surface area contributed by atoms with Gasteiger partial charge in [0.05, 0.1) is 0 Å². The molecule has 0 aromatic heterocycles. The van der Waals surface area contributed by atoms with E-state index in [0.29, 0.717) is 18.4 Å². The summed E-state index contributed by atoms with van der Waals surface area (Å²) in [5, 5.41) is 3.44. The topological polar surface area (TPSA) is 35.6 Å². The Bertz CT molecular complexity index is 454. The van der Waals surface area contributed by atoms with Gasteiger partial charge in [0.2, 0.25) is 5.91 Å². The summed E-state index contributed by atoms with van der Waals surface area (Å²) in [6.07, 6.45) is 0.651. The minimum Gasteiger partial charge on any atom is -0.368 e. The molecule has 2 aliphatic rings. The van der Waals surface area contributed by atoms with Gasteiger partial charge in [0.15, 0.2) is 0 Å². The predicted molar refractivity (Wildman–Crippen MR) is 89.0 cm³/mol. The number of hydrogen-bond acceptors (Lipinski definition) is 4. The Hall–Kier alpha value is -1.20. The fourth-order valence-electron chi connectivity index (χ4n) is 2.94. The normalized spacial score (nSPS) is 23.1. The quantitative estimate of drug-likeness (QED) is 0.916. The van der Waals surface area contributed by atoms with Crippen LogP contribution < -0.4 is 10.2 Å². The molecule has 3 rings (SSSR count). The van der Waals surface area contributed by atoms with Crippen LogP contribution >= 0.6 is 11.8 Å². The number of para-hydroxylation sites is 1. The number of piperazine rings is 1. The molecule has 1 aromatic rings. The number of amides is 1. The van der Waals surface area contributed by atoms with Gasteiger partial charge in [-0.05, 0) is 12.1 Å². The van der Waals surface area contributed by atoms with Crippen molar-refractivity contribution in [2.24, 2.45) is 0 Å². The van der Waals surface area contributed by atoms with Crippen LogP contribution in [0.2, 0.25) is 0 Å². The van der Waals surface area contributed by atoms with Crippen molar-refractivity contribution in [3.63, 3.8) is 0 Å². The second-order valence-electron chi connectivity index (χ2n) is 5.63. The number of hydrogen-bond donors (Lipinski definition) is 1. The zero-order valence-electron chi connectivity index (χ0n) is 12.3. The summed E-state index contributed by atoms with van der Waals surface area (Å²) in [4.78, 5) is 16.8. The van der Waals surface area contributed by atoms with E-state index in [4.69, 9.17) is 0 Å². The van der Waals surface area contributed by atoms with E-state index in [1.165, 1.54) is 11.4 Å². The van der Waals surface area contributed by atoms with Gasteiger partial charge in [-0.15, -0.1) is 0 Å². The number of benzene rings is 1. The Balaban J connectivity index is 1.47. The predicted octanol–water partition coefficient (Wildman–Crippen LogP) is 1.43. The van der Waals surface area contributed by atoms with Gasteiger partial charge >= 0.3 is 0 Å². The van der Waals surface area contributed by atoms with Crippen molar-refractivity contribution in [3.05, 3.63) is 30.3 Å². The van der Waals surface area contributed by atoms with Gasteiger partial charge in [0.25, 0.3) is 0 Å². The summed E-state index contributed by atoms with van der Waals surface area (Å²) >= 11 is 1.95. The molecule has 0 spiro atoms. The van der Waals surface area contributed by atoms with Crippen molar-refractivity contribution in [1.82, 2.24) is 10.2 Å². The molecule has 0 saturated carbocycles. The molecule has 2 aliphatic heterocycles. The van der Waals surface area contributed by atoms with Gasteiger partial charge in [0, 0.05) is 62.4 Å². The number of rotatable bonds is 3. The molecule has 0 aliphatic carbocycles. The smallest absolute Gasteiger partial charge is 0.224 e. The van der Waals surface area contributed by atoms with Gasteiger partial charge in [0.1, 0.15) is 0 Å². The summed E-state index contributed by atoms with van der Waals surface area (Å²) in [5.41, 5.74) is 1.26. The summed E-state index contributed by atoms with van der Waals surface area (Å²) in [5.74, 6) is 2.54. The van der Waals surface area contributed by atoms with Gasteiger partial charge in [-0.2, -0.15) is 11.8 Å². The molecule has 1 amide bonds. The van der Waals surface area contributed by atoms with Gasteiger partial charge in [-0.25, -0.2) is 0 Å². The summed E-state index contributed by atoms with van der Waals surface area (Å²) in [6.45, 7) is 4.58. The van der Waals surface area contributed by atoms with Crippen LogP contribution in [0.4, 0.5) is 5.69 Å². The van der Waals surface area contributed by atoms with E-state index in [9.17, 15) is 4.79 Å². The Morgan fingerprint density at radius 2 is 1.95 bits per heavy atom. The molecule has 4 nitrogen and oxygen atoms in total. The lowest BCUT2D eigenvalue weighted by molar-refractivity contribution is -0.131. The Morgan fingerprint density at radius 1 is 1.19 bits per heavy atom. The van der Waals surface area contributed by atoms with E-state index in [1.54, 1.807) is 0 Å². The van der Waals surface area contributed by atoms with Gasteiger partial charge in [-0.1, -0.05) is 18.2 Å². The number of carbonyl (C=O) groups excluding carboxylic acids is 1. The average molecular weight is 305 g/mol. The minimum atomic E-state index is 0.308. The Morgan fingerprint density at radius 3 is 2.62 bits per heavy atom. The van der Waals surface area contributed by atoms with E-state index in [2.05, 4.69) is 34.5 Å². The minimum absolute atomic E-state index is 0.308. The molecule has 114 valence electrons. The lowest BCUT2D eigenvalue weighted by atomic mass is 10.2. The first-order valence-corrected chi connectivity index (χ1v) is 8.87. The van der Waals surface area contributed by atoms with E-state index < -0.39 is 0 Å². The third-order valence-corrected chi connectivity index (χ3v) is 5.30. The molecule has 2 heterocycles. The van der Waals surface area contributed by atoms with Crippen molar-refractivity contribution in [1.29, 1.82) is 0 Å². The largest absolute Gasteiger partial charge is 0.368 e. The fraction of sp³-hybridized carbons (Fsp3) is 0.562. The van der Waals surface area contributed by atoms with Crippen LogP contribution in [-0.4, -0.2) is 61.1 Å². The zero-order valence-corrected chi connectivity index (χ0v) is 13.1. The maximum absolute atomic E-state index is 12.4. The van der Waals surface area contributed by atoms with Crippen molar-refractivity contribution in [2.45, 2.75) is 12.5 Å². The molecule has 0 bridgehead atoms. The van der Waals surface area contributed by atoms with E-state index in [0.717, 1.165) is 38.5 Å². The second kappa shape index (κ2) is 7.18. The molecule has 2 saturated heterocycles. The number of thioether (sulfide) groups is 1. The maximum Gasteiger partial charge on any atom is 0.224 e. The van der Waals surface area contributed by atoms with Crippen LogP contribution in [0.1, 0.15) is 6.42 Å². The fourth-order valence-corrected chi connectivity index (χ4v) is 3.89. The molecule has 1 atom stereocenters. The summed E-state index contributed by atoms with van der Waals surface area (Å²) < 4.78 is 0. The van der Waals surface area contributed by atoms with Crippen molar-refractivity contribution in [3.8, 4) is 0 Å². The maximum atomic E-state index is 12.4. The molecule has 2 fully saturated rings. The first kappa shape index (κ1) is 14.7. The monoisotopic (exact) mass is 305 g/mol. The van der Waals surface area contributed by atoms with Gasteiger partial charge in [-0.3, -0.25) is 4.79 Å². The molecule has 21 heavy (non-hydrogen) atoms. The van der Waals surface area contributed by atoms with Crippen molar-refractivity contribution in [2.75, 3.05) is 49.1 Å². The lowest BCUT2D eigenvalue weighted by Crippen LogP contribution is -2.50. The lowest BCUT2D eigenvalue weighted by Gasteiger charge is -2.37. The van der Waals surface area contributed by atoms with E-state index in [1.807, 2.05) is 22.7 Å². The highest BCUT2D eigenvalue weighted by atomic mass is 32.2. The van der Waals surface area contributed by atoms with Crippen LogP contribution in [0.15, 0.2) is 30.3 Å². The van der Waals surface area contributed by atoms with Crippen LogP contribution in [0.5, 0.6) is 0 Å². The third kappa shape index (κ3) is 3.92. The van der Waals surface area contributed by atoms with E-state index in [-0.39, 0.29) is 0 Å². The van der Waals surface area contributed by atoms with Gasteiger partial charge < -0.3 is 15.1 Å². The SMILES string of the molecule is O=C(CC1CSCCN1)N1CCN(c2ccccc2)CC1. The summed E-state index contributed by atoms with van der Waals surface area (Å²) in [7, 11) is 0. The van der Waals surface area contributed by atoms with Crippen molar-refractivity contribution < 1.29 is 4.79 Å². The molecule has 0 radical (unpaired) electrons. The standard InChI is InChI=1S/C16H23N3OS/c20-16(12-14-13-21-11-6-17-14)19-9-7-18(8-10-19)15-4-2-1-3-5-15/h1-5,14,17H,6-13H2. The molecule has 1 aromatic carbocycles. The molecule has 5 heteroatoms. The van der Waals surface area contributed by atoms with Crippen LogP contribution in [0, 0.1) is 0 Å². The Labute approximate surface area is 130 Å². The number of nitrogens with one attached hydrogen (secondary N) is 1. The first-order chi connectivity index (χ1) is 10.3. The van der Waals surface area contributed by atoms with Crippen LogP contribution in [0.25, 0.3) is 0 Å². The van der Waals surface area contributed by atoms with Crippen LogP contribution in [0.3, 0.4) is 0 Å². The highest BCUT2D eigenvalue weighted by Crippen LogP contribution is 2.17. The second-order valence-corrected chi connectivity index (χ2v) is 6.78. The average Bonchev–Trinajstić information content (AvgIpc) is 2.57. The molecule has 1 N–H and O–H groups in total.